The zero-order valence-electron chi connectivity index (χ0n) is 30.4. The van der Waals surface area contributed by atoms with Gasteiger partial charge >= 0.3 is 12.0 Å². The molecule has 2 aromatic heterocycles. The smallest absolute Gasteiger partial charge is 0.319 e. The maximum Gasteiger partial charge on any atom is 0.319 e. The number of piperidine rings is 1. The first kappa shape index (κ1) is 36.1. The first-order valence-corrected chi connectivity index (χ1v) is 18.6. The second-order valence-electron chi connectivity index (χ2n) is 16.1. The number of aliphatic hydroxyl groups is 1. The Bertz CT molecular complexity index is 2150. The number of phenols is 1. The van der Waals surface area contributed by atoms with Crippen molar-refractivity contribution >= 4 is 33.5 Å². The van der Waals surface area contributed by atoms with Crippen LogP contribution < -0.4 is 15.0 Å². The van der Waals surface area contributed by atoms with Crippen LogP contribution in [0, 0.1) is 29.4 Å². The van der Waals surface area contributed by atoms with Gasteiger partial charge in [-0.05, 0) is 76.0 Å². The van der Waals surface area contributed by atoms with E-state index in [0.717, 1.165) is 32.2 Å². The SMILES string of the molecule is C#Cc1c(F)ccc2cc(O)cc(-c3ncc4c(N5CC6CCC(C5)N6C(=O)NCC(C)(C)O)nc(OCC5(CN6CCC(F)CC6)CC5)nc4c3F)c12. The Hall–Kier alpha value is -4.87. The van der Waals surface area contributed by atoms with Gasteiger partial charge in [0.15, 0.2) is 5.82 Å². The third-order valence-corrected chi connectivity index (χ3v) is 11.3. The molecule has 14 heteroatoms. The Morgan fingerprint density at radius 2 is 1.83 bits per heavy atom. The molecular weight excluding hydrogens is 699 g/mol. The summed E-state index contributed by atoms with van der Waals surface area (Å²) in [4.78, 5) is 33.3. The molecule has 0 radical (unpaired) electrons. The number of rotatable bonds is 9. The number of nitrogens with one attached hydrogen (secondary N) is 1. The van der Waals surface area contributed by atoms with Crippen molar-refractivity contribution in [2.45, 2.75) is 76.2 Å². The number of hydrogen-bond donors (Lipinski definition) is 3. The second kappa shape index (κ2) is 13.8. The molecule has 2 aromatic carbocycles. The molecule has 2 bridgehead atoms. The van der Waals surface area contributed by atoms with Gasteiger partial charge in [-0.3, -0.25) is 4.98 Å². The fourth-order valence-electron chi connectivity index (χ4n) is 8.33. The Morgan fingerprint density at radius 3 is 2.50 bits per heavy atom. The highest BCUT2D eigenvalue weighted by molar-refractivity contribution is 6.03. The van der Waals surface area contributed by atoms with Gasteiger partial charge in [0.25, 0.3) is 0 Å². The number of terminal acetylenes is 1. The van der Waals surface area contributed by atoms with E-state index in [-0.39, 0.29) is 69.6 Å². The van der Waals surface area contributed by atoms with Crippen molar-refractivity contribution in [3.8, 4) is 35.4 Å². The van der Waals surface area contributed by atoms with Crippen molar-refractivity contribution in [2.75, 3.05) is 50.8 Å². The number of pyridine rings is 1. The Morgan fingerprint density at radius 1 is 1.11 bits per heavy atom. The quantitative estimate of drug-likeness (QED) is 0.190. The lowest BCUT2D eigenvalue weighted by molar-refractivity contribution is 0.0773. The molecule has 1 saturated carbocycles. The minimum Gasteiger partial charge on any atom is -0.508 e. The maximum absolute atomic E-state index is 17.0. The number of piperazine rings is 1. The Labute approximate surface area is 311 Å². The molecule has 284 valence electrons. The van der Waals surface area contributed by atoms with Gasteiger partial charge in [0, 0.05) is 61.8 Å². The number of hydrogen-bond acceptors (Lipinski definition) is 9. The van der Waals surface area contributed by atoms with E-state index in [2.05, 4.69) is 26.1 Å². The summed E-state index contributed by atoms with van der Waals surface area (Å²) in [6.45, 7) is 6.65. The molecule has 3 aliphatic heterocycles. The largest absolute Gasteiger partial charge is 0.508 e. The van der Waals surface area contributed by atoms with Gasteiger partial charge in [0.1, 0.15) is 34.8 Å². The molecule has 3 saturated heterocycles. The van der Waals surface area contributed by atoms with Crippen LogP contribution in [-0.4, -0.2) is 111 Å². The first-order chi connectivity index (χ1) is 25.8. The molecule has 3 N–H and O–H groups in total. The zero-order valence-corrected chi connectivity index (χ0v) is 30.4. The molecule has 1 aliphatic carbocycles. The van der Waals surface area contributed by atoms with Crippen molar-refractivity contribution in [2.24, 2.45) is 5.41 Å². The molecule has 4 fully saturated rings. The van der Waals surface area contributed by atoms with Gasteiger partial charge in [0.05, 0.1) is 35.2 Å². The monoisotopic (exact) mass is 743 g/mol. The number of amides is 2. The molecule has 8 rings (SSSR count). The lowest BCUT2D eigenvalue weighted by Gasteiger charge is -2.42. The van der Waals surface area contributed by atoms with Crippen LogP contribution in [0.3, 0.4) is 0 Å². The predicted octanol–water partition coefficient (Wildman–Crippen LogP) is 5.54. The number of anilines is 1. The molecule has 0 spiro atoms. The number of fused-ring (bicyclic) bond motifs is 4. The Balaban J connectivity index is 1.17. The van der Waals surface area contributed by atoms with E-state index >= 15 is 4.39 Å². The lowest BCUT2D eigenvalue weighted by atomic mass is 9.96. The molecule has 11 nitrogen and oxygen atoms in total. The van der Waals surface area contributed by atoms with E-state index in [9.17, 15) is 23.8 Å². The zero-order chi connectivity index (χ0) is 37.9. The normalized spacial score (nSPS) is 21.4. The van der Waals surface area contributed by atoms with Crippen LogP contribution >= 0.6 is 0 Å². The number of nitrogens with zero attached hydrogens (tertiary/aromatic N) is 6. The third kappa shape index (κ3) is 6.95. The molecule has 2 amide bonds. The fraction of sp³-hybridized carbons (Fsp3) is 0.500. The lowest BCUT2D eigenvalue weighted by Crippen LogP contribution is -2.59. The summed E-state index contributed by atoms with van der Waals surface area (Å²) in [6, 6.07) is 4.83. The molecule has 5 heterocycles. The fourth-order valence-corrected chi connectivity index (χ4v) is 8.33. The minimum absolute atomic E-state index is 0.0175. The summed E-state index contributed by atoms with van der Waals surface area (Å²) in [5, 5.41) is 24.6. The molecular formula is C40H44F3N7O4. The standard InChI is InChI=1S/C40H44F3N7O4/c1-4-28-31(42)8-5-23-15-27(51)16-29(32(23)28)34-33(43)35-30(17-44-34)36(49-18-25-6-7-26(19-49)50(25)38(52)45-20-39(2,3)53)47-37(46-35)54-22-40(11-12-40)21-48-13-9-24(41)10-14-48/h1,5,8,15-17,24-26,51,53H,6-7,9-14,18-22H2,2-3H3,(H,45,52). The highest BCUT2D eigenvalue weighted by atomic mass is 19.1. The number of urea groups is 1. The number of aromatic nitrogens is 3. The predicted molar refractivity (Wildman–Crippen MR) is 198 cm³/mol. The van der Waals surface area contributed by atoms with Gasteiger partial charge in [-0.15, -0.1) is 6.42 Å². The molecule has 2 unspecified atom stereocenters. The first-order valence-electron chi connectivity index (χ1n) is 18.6. The number of carbonyl (C=O) groups is 1. The number of alkyl halides is 1. The van der Waals surface area contributed by atoms with Crippen LogP contribution in [0.5, 0.6) is 11.8 Å². The molecule has 4 aromatic rings. The van der Waals surface area contributed by atoms with E-state index in [0.29, 0.717) is 62.2 Å². The van der Waals surface area contributed by atoms with Gasteiger partial charge in [-0.25, -0.2) is 18.0 Å². The van der Waals surface area contributed by atoms with Gasteiger partial charge in [0.2, 0.25) is 0 Å². The number of phenolic OH excluding ortho intramolecular Hbond substituents is 1. The summed E-state index contributed by atoms with van der Waals surface area (Å²) >= 11 is 0. The maximum atomic E-state index is 17.0. The van der Waals surface area contributed by atoms with Crippen molar-refractivity contribution in [1.82, 2.24) is 30.1 Å². The second-order valence-corrected chi connectivity index (χ2v) is 16.1. The number of halogens is 3. The summed E-state index contributed by atoms with van der Waals surface area (Å²) in [7, 11) is 0. The van der Waals surface area contributed by atoms with Crippen LogP contribution in [0.2, 0.25) is 0 Å². The highest BCUT2D eigenvalue weighted by Gasteiger charge is 2.46. The van der Waals surface area contributed by atoms with Crippen LogP contribution in [0.1, 0.15) is 57.9 Å². The summed E-state index contributed by atoms with van der Waals surface area (Å²) < 4.78 is 52.1. The van der Waals surface area contributed by atoms with Crippen molar-refractivity contribution < 1.29 is 32.9 Å². The molecule has 4 aliphatic rings. The van der Waals surface area contributed by atoms with E-state index < -0.39 is 23.4 Å². The number of benzene rings is 2. The molecule has 54 heavy (non-hydrogen) atoms. The number of ether oxygens (including phenoxy) is 1. The van der Waals surface area contributed by atoms with Gasteiger partial charge in [-0.1, -0.05) is 12.0 Å². The van der Waals surface area contributed by atoms with Crippen LogP contribution in [0.4, 0.5) is 23.8 Å². The summed E-state index contributed by atoms with van der Waals surface area (Å²) in [5.74, 6) is 1.12. The number of carbonyl (C=O) groups excluding carboxylic acids is 1. The van der Waals surface area contributed by atoms with Crippen molar-refractivity contribution in [1.29, 1.82) is 0 Å². The van der Waals surface area contributed by atoms with Gasteiger partial charge in [-0.2, -0.15) is 9.97 Å². The van der Waals surface area contributed by atoms with Crippen molar-refractivity contribution in [3.05, 3.63) is 47.7 Å². The van der Waals surface area contributed by atoms with Crippen LogP contribution in [0.15, 0.2) is 30.5 Å². The van der Waals surface area contributed by atoms with Crippen LogP contribution in [0.25, 0.3) is 32.9 Å². The average Bonchev–Trinajstić information content (AvgIpc) is 3.85. The van der Waals surface area contributed by atoms with Gasteiger partial charge < -0.3 is 35.0 Å². The third-order valence-electron chi connectivity index (χ3n) is 11.3. The highest BCUT2D eigenvalue weighted by Crippen LogP contribution is 2.47. The molecule has 2 atom stereocenters. The van der Waals surface area contributed by atoms with E-state index in [1.165, 1.54) is 30.5 Å². The summed E-state index contributed by atoms with van der Waals surface area (Å²) in [6.07, 6.45) is 10.9. The van der Waals surface area contributed by atoms with Crippen LogP contribution in [-0.2, 0) is 0 Å². The van der Waals surface area contributed by atoms with E-state index in [1.54, 1.807) is 13.8 Å². The summed E-state index contributed by atoms with van der Waals surface area (Å²) in [5.41, 5.74) is -1.42. The van der Waals surface area contributed by atoms with Crippen molar-refractivity contribution in [3.63, 3.8) is 0 Å². The Kier molecular flexibility index (Phi) is 9.21. The average molecular weight is 744 g/mol. The number of likely N-dealkylation sites (tertiary alicyclic amines) is 1. The number of aromatic hydroxyl groups is 1. The van der Waals surface area contributed by atoms with E-state index in [4.69, 9.17) is 16.1 Å². The topological polar surface area (TPSA) is 127 Å². The minimum atomic E-state index is -1.06. The van der Waals surface area contributed by atoms with E-state index in [1.807, 2.05) is 9.80 Å².